The van der Waals surface area contributed by atoms with Gasteiger partial charge in [-0.15, -0.1) is 0 Å². The summed E-state index contributed by atoms with van der Waals surface area (Å²) in [5.41, 5.74) is -0.761. The lowest BCUT2D eigenvalue weighted by molar-refractivity contribution is -0.301. The molecular weight excluding hydrogens is 284 g/mol. The summed E-state index contributed by atoms with van der Waals surface area (Å²) in [4.78, 5) is 11.5. The van der Waals surface area contributed by atoms with Crippen molar-refractivity contribution in [3.63, 3.8) is 0 Å². The van der Waals surface area contributed by atoms with E-state index in [1.165, 1.54) is 7.11 Å². The van der Waals surface area contributed by atoms with Gasteiger partial charge in [-0.25, -0.2) is 0 Å². The van der Waals surface area contributed by atoms with Gasteiger partial charge in [0.25, 0.3) is 0 Å². The standard InChI is InChI=1S/C13H24O8/c1-13(2,12(18)19-3)4-5-20-11-10(17)9(16)8(15)7(6-14)21-11/h7-11,14-17H,4-6H2,1-3H3. The molecule has 0 bridgehead atoms. The van der Waals surface area contributed by atoms with E-state index in [2.05, 4.69) is 4.74 Å². The fourth-order valence-electron chi connectivity index (χ4n) is 2.01. The van der Waals surface area contributed by atoms with Gasteiger partial charge in [0.1, 0.15) is 24.4 Å². The molecule has 8 nitrogen and oxygen atoms in total. The van der Waals surface area contributed by atoms with Gasteiger partial charge in [-0.3, -0.25) is 4.79 Å². The largest absolute Gasteiger partial charge is 0.469 e. The number of methoxy groups -OCH3 is 1. The quantitative estimate of drug-likeness (QED) is 0.432. The van der Waals surface area contributed by atoms with E-state index in [-0.39, 0.29) is 12.6 Å². The average molecular weight is 308 g/mol. The third-order valence-electron chi connectivity index (χ3n) is 3.60. The smallest absolute Gasteiger partial charge is 0.311 e. The Labute approximate surface area is 123 Å². The Morgan fingerprint density at radius 3 is 2.33 bits per heavy atom. The Kier molecular flexibility index (Phi) is 6.51. The second-order valence-corrected chi connectivity index (χ2v) is 5.69. The first-order valence-electron chi connectivity index (χ1n) is 6.75. The molecule has 0 radical (unpaired) electrons. The van der Waals surface area contributed by atoms with E-state index < -0.39 is 42.7 Å². The summed E-state index contributed by atoms with van der Waals surface area (Å²) in [5.74, 6) is -0.389. The number of aliphatic hydroxyl groups is 4. The van der Waals surface area contributed by atoms with Gasteiger partial charge in [-0.1, -0.05) is 0 Å². The van der Waals surface area contributed by atoms with Crippen LogP contribution in [0.1, 0.15) is 20.3 Å². The maximum atomic E-state index is 11.5. The Morgan fingerprint density at radius 2 is 1.81 bits per heavy atom. The van der Waals surface area contributed by atoms with Gasteiger partial charge in [0, 0.05) is 0 Å². The van der Waals surface area contributed by atoms with Crippen molar-refractivity contribution in [2.24, 2.45) is 5.41 Å². The van der Waals surface area contributed by atoms with E-state index in [1.54, 1.807) is 13.8 Å². The lowest BCUT2D eigenvalue weighted by atomic mass is 9.90. The Hall–Kier alpha value is -0.770. The highest BCUT2D eigenvalue weighted by Crippen LogP contribution is 2.25. The summed E-state index contributed by atoms with van der Waals surface area (Å²) in [5, 5.41) is 38.1. The summed E-state index contributed by atoms with van der Waals surface area (Å²) in [7, 11) is 1.29. The molecule has 1 aliphatic rings. The molecule has 21 heavy (non-hydrogen) atoms. The number of carbonyl (C=O) groups excluding carboxylic acids is 1. The van der Waals surface area contributed by atoms with Crippen LogP contribution < -0.4 is 0 Å². The van der Waals surface area contributed by atoms with Crippen LogP contribution in [-0.4, -0.2) is 77.4 Å². The second kappa shape index (κ2) is 7.48. The number of hydrogen-bond acceptors (Lipinski definition) is 8. The molecule has 8 heteroatoms. The first-order valence-corrected chi connectivity index (χ1v) is 6.75. The van der Waals surface area contributed by atoms with Gasteiger partial charge in [-0.2, -0.15) is 0 Å². The van der Waals surface area contributed by atoms with E-state index in [0.29, 0.717) is 6.42 Å². The third-order valence-corrected chi connectivity index (χ3v) is 3.60. The molecular formula is C13H24O8. The Bertz CT molecular complexity index is 343. The van der Waals surface area contributed by atoms with E-state index in [9.17, 15) is 20.1 Å². The van der Waals surface area contributed by atoms with Crippen LogP contribution in [0.5, 0.6) is 0 Å². The van der Waals surface area contributed by atoms with Crippen LogP contribution in [0.25, 0.3) is 0 Å². The zero-order valence-corrected chi connectivity index (χ0v) is 12.4. The van der Waals surface area contributed by atoms with E-state index in [0.717, 1.165) is 0 Å². The predicted molar refractivity (Wildman–Crippen MR) is 70.1 cm³/mol. The van der Waals surface area contributed by atoms with Crippen LogP contribution in [-0.2, 0) is 19.0 Å². The lowest BCUT2D eigenvalue weighted by Gasteiger charge is -2.39. The molecule has 1 rings (SSSR count). The van der Waals surface area contributed by atoms with Gasteiger partial charge < -0.3 is 34.6 Å². The maximum Gasteiger partial charge on any atom is 0.311 e. The maximum absolute atomic E-state index is 11.5. The van der Waals surface area contributed by atoms with Crippen LogP contribution in [0.2, 0.25) is 0 Å². The van der Waals surface area contributed by atoms with Crippen molar-refractivity contribution in [2.45, 2.75) is 51.0 Å². The topological polar surface area (TPSA) is 126 Å². The van der Waals surface area contributed by atoms with Gasteiger partial charge in [0.15, 0.2) is 6.29 Å². The molecule has 1 aliphatic heterocycles. The zero-order valence-electron chi connectivity index (χ0n) is 12.4. The number of esters is 1. The summed E-state index contributed by atoms with van der Waals surface area (Å²) >= 11 is 0. The molecule has 0 aliphatic carbocycles. The minimum atomic E-state index is -1.48. The summed E-state index contributed by atoms with van der Waals surface area (Å²) in [6, 6.07) is 0. The van der Waals surface area contributed by atoms with E-state index in [1.807, 2.05) is 0 Å². The van der Waals surface area contributed by atoms with Crippen LogP contribution in [0.15, 0.2) is 0 Å². The number of carbonyl (C=O) groups is 1. The molecule has 1 heterocycles. The zero-order chi connectivity index (χ0) is 16.2. The van der Waals surface area contributed by atoms with Crippen molar-refractivity contribution >= 4 is 5.97 Å². The van der Waals surface area contributed by atoms with Gasteiger partial charge in [0.05, 0.1) is 25.7 Å². The number of hydrogen-bond donors (Lipinski definition) is 4. The van der Waals surface area contributed by atoms with Crippen molar-refractivity contribution in [1.29, 1.82) is 0 Å². The van der Waals surface area contributed by atoms with E-state index in [4.69, 9.17) is 14.6 Å². The molecule has 5 atom stereocenters. The van der Waals surface area contributed by atoms with Crippen LogP contribution in [0, 0.1) is 5.41 Å². The molecule has 0 aromatic heterocycles. The normalized spacial score (nSPS) is 33.8. The predicted octanol–water partition coefficient (Wildman–Crippen LogP) is -1.61. The van der Waals surface area contributed by atoms with Gasteiger partial charge in [-0.05, 0) is 20.3 Å². The molecule has 0 saturated carbocycles. The molecule has 0 amide bonds. The lowest BCUT2D eigenvalue weighted by Crippen LogP contribution is -2.59. The fourth-order valence-corrected chi connectivity index (χ4v) is 2.01. The molecule has 124 valence electrons. The summed E-state index contributed by atoms with van der Waals surface area (Å²) < 4.78 is 15.2. The van der Waals surface area contributed by atoms with E-state index >= 15 is 0 Å². The van der Waals surface area contributed by atoms with Crippen molar-refractivity contribution < 1.29 is 39.4 Å². The number of aliphatic hydroxyl groups excluding tert-OH is 4. The van der Waals surface area contributed by atoms with Gasteiger partial charge in [0.2, 0.25) is 0 Å². The van der Waals surface area contributed by atoms with Crippen LogP contribution in [0.4, 0.5) is 0 Å². The highest BCUT2D eigenvalue weighted by molar-refractivity contribution is 5.75. The van der Waals surface area contributed by atoms with Crippen molar-refractivity contribution in [3.05, 3.63) is 0 Å². The highest BCUT2D eigenvalue weighted by Gasteiger charge is 2.44. The number of ether oxygens (including phenoxy) is 3. The van der Waals surface area contributed by atoms with Crippen LogP contribution >= 0.6 is 0 Å². The highest BCUT2D eigenvalue weighted by atomic mass is 16.7. The molecule has 0 aromatic carbocycles. The first kappa shape index (κ1) is 18.3. The molecule has 4 N–H and O–H groups in total. The second-order valence-electron chi connectivity index (χ2n) is 5.69. The minimum Gasteiger partial charge on any atom is -0.469 e. The third kappa shape index (κ3) is 4.35. The number of rotatable bonds is 6. The molecule has 1 fully saturated rings. The van der Waals surface area contributed by atoms with Crippen molar-refractivity contribution in [2.75, 3.05) is 20.3 Å². The Balaban J connectivity index is 2.53. The molecule has 1 saturated heterocycles. The van der Waals surface area contributed by atoms with Crippen LogP contribution in [0.3, 0.4) is 0 Å². The van der Waals surface area contributed by atoms with Crippen molar-refractivity contribution in [1.82, 2.24) is 0 Å². The monoisotopic (exact) mass is 308 g/mol. The summed E-state index contributed by atoms with van der Waals surface area (Å²) in [6.07, 6.45) is -6.22. The summed E-state index contributed by atoms with van der Waals surface area (Å²) in [6.45, 7) is 2.94. The first-order chi connectivity index (χ1) is 9.74. The Morgan fingerprint density at radius 1 is 1.19 bits per heavy atom. The molecule has 5 unspecified atom stereocenters. The fraction of sp³-hybridized carbons (Fsp3) is 0.923. The van der Waals surface area contributed by atoms with Crippen molar-refractivity contribution in [3.8, 4) is 0 Å². The molecule has 0 aromatic rings. The molecule has 0 spiro atoms. The van der Waals surface area contributed by atoms with Gasteiger partial charge >= 0.3 is 5.97 Å². The minimum absolute atomic E-state index is 0.0742. The SMILES string of the molecule is COC(=O)C(C)(C)CCOC1OC(CO)C(O)C(O)C1O. The average Bonchev–Trinajstić information content (AvgIpc) is 2.46.